The van der Waals surface area contributed by atoms with Gasteiger partial charge in [-0.15, -0.1) is 0 Å². The van der Waals surface area contributed by atoms with E-state index in [0.717, 1.165) is 42.7 Å². The first-order valence-electron chi connectivity index (χ1n) is 10.7. The number of ether oxygens (including phenoxy) is 1. The Labute approximate surface area is 177 Å². The Morgan fingerprint density at radius 1 is 1.13 bits per heavy atom. The van der Waals surface area contributed by atoms with Crippen LogP contribution in [0.25, 0.3) is 0 Å². The van der Waals surface area contributed by atoms with Crippen molar-refractivity contribution in [1.82, 2.24) is 14.8 Å². The number of hydrogen-bond donors (Lipinski definition) is 0. The van der Waals surface area contributed by atoms with E-state index in [4.69, 9.17) is 4.74 Å². The molecule has 2 heterocycles. The molecular formula is C24H29N3O3. The zero-order valence-electron chi connectivity index (χ0n) is 17.8. The van der Waals surface area contributed by atoms with E-state index in [-0.39, 0.29) is 17.2 Å². The summed E-state index contributed by atoms with van der Waals surface area (Å²) >= 11 is 0. The predicted molar refractivity (Wildman–Crippen MR) is 114 cm³/mol. The second kappa shape index (κ2) is 8.46. The van der Waals surface area contributed by atoms with Crippen LogP contribution < -0.4 is 4.74 Å². The fraction of sp³-hybridized carbons (Fsp3) is 0.458. The van der Waals surface area contributed by atoms with Gasteiger partial charge in [0.05, 0.1) is 11.0 Å². The number of hydrogen-bond acceptors (Lipinski definition) is 4. The SMILES string of the molecule is Cc1ccc(C(=O)N2CCCCN(C)C(=O)C3(CC3)COc3cccc(c3)C2)cn1. The molecular weight excluding hydrogens is 378 g/mol. The summed E-state index contributed by atoms with van der Waals surface area (Å²) in [5.41, 5.74) is 2.15. The van der Waals surface area contributed by atoms with Crippen molar-refractivity contribution in [3.63, 3.8) is 0 Å². The van der Waals surface area contributed by atoms with Gasteiger partial charge in [-0.3, -0.25) is 14.6 Å². The quantitative estimate of drug-likeness (QED) is 0.726. The molecule has 1 aliphatic carbocycles. The molecule has 1 aromatic heterocycles. The first-order chi connectivity index (χ1) is 14.5. The van der Waals surface area contributed by atoms with Crippen molar-refractivity contribution in [2.24, 2.45) is 5.41 Å². The van der Waals surface area contributed by atoms with Gasteiger partial charge in [0.2, 0.25) is 5.91 Å². The molecule has 2 amide bonds. The van der Waals surface area contributed by atoms with E-state index in [1.807, 2.05) is 60.2 Å². The van der Waals surface area contributed by atoms with E-state index < -0.39 is 0 Å². The molecule has 0 radical (unpaired) electrons. The molecule has 2 aromatic rings. The number of fused-ring (bicyclic) bond motifs is 2. The van der Waals surface area contributed by atoms with E-state index in [1.54, 1.807) is 6.20 Å². The number of nitrogens with zero attached hydrogens (tertiary/aromatic N) is 3. The second-order valence-corrected chi connectivity index (χ2v) is 8.57. The van der Waals surface area contributed by atoms with Crippen LogP contribution in [0.1, 0.15) is 47.3 Å². The predicted octanol–water partition coefficient (Wildman–Crippen LogP) is 3.44. The van der Waals surface area contributed by atoms with Crippen molar-refractivity contribution in [3.05, 3.63) is 59.4 Å². The smallest absolute Gasteiger partial charge is 0.255 e. The zero-order chi connectivity index (χ0) is 21.1. The Morgan fingerprint density at radius 2 is 1.93 bits per heavy atom. The molecule has 0 N–H and O–H groups in total. The highest BCUT2D eigenvalue weighted by molar-refractivity contribution is 5.93. The van der Waals surface area contributed by atoms with Gasteiger partial charge in [-0.25, -0.2) is 0 Å². The van der Waals surface area contributed by atoms with Crippen LogP contribution in [-0.4, -0.2) is 53.3 Å². The lowest BCUT2D eigenvalue weighted by molar-refractivity contribution is -0.136. The van der Waals surface area contributed by atoms with Crippen LogP contribution in [0.2, 0.25) is 0 Å². The van der Waals surface area contributed by atoms with Gasteiger partial charge in [-0.05, 0) is 62.4 Å². The summed E-state index contributed by atoms with van der Waals surface area (Å²) in [4.78, 5) is 34.0. The highest BCUT2D eigenvalue weighted by atomic mass is 16.5. The fourth-order valence-corrected chi connectivity index (χ4v) is 3.93. The standard InChI is InChI=1S/C24H29N3O3/c1-18-8-9-20(15-25-18)22(28)27-13-4-3-12-26(2)23(29)24(10-11-24)17-30-21-7-5-6-19(14-21)16-27/h5-9,14-15H,3-4,10-13,16-17H2,1-2H3. The number of rotatable bonds is 1. The van der Waals surface area contributed by atoms with Gasteiger partial charge in [0.1, 0.15) is 12.4 Å². The lowest BCUT2D eigenvalue weighted by atomic mass is 10.1. The summed E-state index contributed by atoms with van der Waals surface area (Å²) < 4.78 is 6.02. The molecule has 1 aliphatic heterocycles. The third kappa shape index (κ3) is 4.48. The maximum Gasteiger partial charge on any atom is 0.255 e. The van der Waals surface area contributed by atoms with Gasteiger partial charge in [0.25, 0.3) is 5.91 Å². The number of pyridine rings is 1. The Morgan fingerprint density at radius 3 is 2.67 bits per heavy atom. The molecule has 1 fully saturated rings. The Kier molecular flexibility index (Phi) is 5.75. The molecule has 2 bridgehead atoms. The van der Waals surface area contributed by atoms with Gasteiger partial charge >= 0.3 is 0 Å². The van der Waals surface area contributed by atoms with E-state index in [0.29, 0.717) is 31.8 Å². The minimum atomic E-state index is -0.352. The highest BCUT2D eigenvalue weighted by Crippen LogP contribution is 2.47. The lowest BCUT2D eigenvalue weighted by Crippen LogP contribution is -2.38. The maximum absolute atomic E-state index is 13.1. The topological polar surface area (TPSA) is 62.7 Å². The van der Waals surface area contributed by atoms with Gasteiger partial charge in [0, 0.05) is 38.6 Å². The number of aryl methyl sites for hydroxylation is 1. The molecule has 1 aromatic carbocycles. The third-order valence-corrected chi connectivity index (χ3v) is 6.06. The summed E-state index contributed by atoms with van der Waals surface area (Å²) in [5.74, 6) is 0.896. The van der Waals surface area contributed by atoms with E-state index >= 15 is 0 Å². The lowest BCUT2D eigenvalue weighted by Gasteiger charge is -2.26. The Balaban J connectivity index is 1.57. The molecule has 6 heteroatoms. The number of carbonyl (C=O) groups excluding carboxylic acids is 2. The minimum Gasteiger partial charge on any atom is -0.492 e. The van der Waals surface area contributed by atoms with Gasteiger partial charge < -0.3 is 14.5 Å². The summed E-state index contributed by atoms with van der Waals surface area (Å²) in [6, 6.07) is 11.5. The Hall–Kier alpha value is -2.89. The summed E-state index contributed by atoms with van der Waals surface area (Å²) in [5, 5.41) is 0. The molecule has 158 valence electrons. The first-order valence-corrected chi connectivity index (χ1v) is 10.7. The van der Waals surface area contributed by atoms with Crippen LogP contribution in [-0.2, 0) is 11.3 Å². The van der Waals surface area contributed by atoms with E-state index in [9.17, 15) is 9.59 Å². The molecule has 1 saturated carbocycles. The molecule has 1 spiro atoms. The summed E-state index contributed by atoms with van der Waals surface area (Å²) in [6.07, 6.45) is 5.12. The molecule has 0 saturated heterocycles. The third-order valence-electron chi connectivity index (χ3n) is 6.06. The zero-order valence-corrected chi connectivity index (χ0v) is 17.8. The first kappa shape index (κ1) is 20.4. The molecule has 2 aliphatic rings. The normalized spacial score (nSPS) is 19.2. The molecule has 0 atom stereocenters. The van der Waals surface area contributed by atoms with Gasteiger partial charge in [0.15, 0.2) is 0 Å². The second-order valence-electron chi connectivity index (χ2n) is 8.57. The number of aromatic nitrogens is 1. The molecule has 4 rings (SSSR count). The van der Waals surface area contributed by atoms with Crippen molar-refractivity contribution in [3.8, 4) is 5.75 Å². The number of benzene rings is 1. The van der Waals surface area contributed by atoms with Crippen LogP contribution in [0.4, 0.5) is 0 Å². The van der Waals surface area contributed by atoms with Crippen LogP contribution in [0.5, 0.6) is 5.75 Å². The molecule has 0 unspecified atom stereocenters. The maximum atomic E-state index is 13.1. The summed E-state index contributed by atoms with van der Waals surface area (Å²) in [7, 11) is 1.87. The van der Waals surface area contributed by atoms with Crippen LogP contribution in [0, 0.1) is 12.3 Å². The monoisotopic (exact) mass is 407 g/mol. The largest absolute Gasteiger partial charge is 0.492 e. The van der Waals surface area contributed by atoms with Crippen molar-refractivity contribution in [1.29, 1.82) is 0 Å². The highest BCUT2D eigenvalue weighted by Gasteiger charge is 2.52. The van der Waals surface area contributed by atoms with E-state index in [1.165, 1.54) is 0 Å². The van der Waals surface area contributed by atoms with Crippen LogP contribution in [0.3, 0.4) is 0 Å². The van der Waals surface area contributed by atoms with Crippen LogP contribution >= 0.6 is 0 Å². The van der Waals surface area contributed by atoms with Crippen molar-refractivity contribution < 1.29 is 14.3 Å². The van der Waals surface area contributed by atoms with E-state index in [2.05, 4.69) is 4.98 Å². The minimum absolute atomic E-state index is 0.0257. The molecule has 30 heavy (non-hydrogen) atoms. The summed E-state index contributed by atoms with van der Waals surface area (Å²) in [6.45, 7) is 4.16. The number of carbonyl (C=O) groups is 2. The average Bonchev–Trinajstić information content (AvgIpc) is 3.54. The Bertz CT molecular complexity index is 922. The fourth-order valence-electron chi connectivity index (χ4n) is 3.93. The van der Waals surface area contributed by atoms with Gasteiger partial charge in [-0.2, -0.15) is 0 Å². The van der Waals surface area contributed by atoms with Crippen molar-refractivity contribution >= 4 is 11.8 Å². The van der Waals surface area contributed by atoms with Gasteiger partial charge in [-0.1, -0.05) is 12.1 Å². The van der Waals surface area contributed by atoms with Crippen molar-refractivity contribution in [2.75, 3.05) is 26.7 Å². The number of amides is 2. The van der Waals surface area contributed by atoms with Crippen LogP contribution in [0.15, 0.2) is 42.6 Å². The molecule has 6 nitrogen and oxygen atoms in total. The average molecular weight is 408 g/mol. The van der Waals surface area contributed by atoms with Crippen molar-refractivity contribution in [2.45, 2.75) is 39.2 Å².